The molecule has 2 rings (SSSR count). The lowest BCUT2D eigenvalue weighted by Crippen LogP contribution is -2.43. The van der Waals surface area contributed by atoms with Crippen LogP contribution in [0.15, 0.2) is 18.2 Å². The van der Waals surface area contributed by atoms with Crippen LogP contribution in [-0.2, 0) is 0 Å². The molecule has 4 heteroatoms. The zero-order valence-corrected chi connectivity index (χ0v) is 13.2. The Balaban J connectivity index is 2.32. The molecule has 0 radical (unpaired) electrons. The van der Waals surface area contributed by atoms with E-state index in [4.69, 9.17) is 22.1 Å². The Bertz CT molecular complexity index is 438. The zero-order chi connectivity index (χ0) is 14.5. The van der Waals surface area contributed by atoms with Gasteiger partial charge in [-0.05, 0) is 51.6 Å². The van der Waals surface area contributed by atoms with Crippen molar-refractivity contribution in [3.63, 3.8) is 0 Å². The minimum absolute atomic E-state index is 0.278. The quantitative estimate of drug-likeness (QED) is 0.906. The number of likely N-dealkylation sites (N-methyl/N-ethyl adjacent to an activating group) is 1. The van der Waals surface area contributed by atoms with Gasteiger partial charge in [-0.15, -0.1) is 0 Å². The molecular weight excluding hydrogens is 272 g/mol. The standard InChI is InChI=1S/C16H25ClN2O/c1-3-20-16-8-7-12(17)10-13(16)14(11-18)15-6-4-5-9-19(15)2/h7-8,10,14-15H,3-6,9,11,18H2,1-2H3. The van der Waals surface area contributed by atoms with Gasteiger partial charge in [0.05, 0.1) is 6.61 Å². The van der Waals surface area contributed by atoms with E-state index in [0.717, 1.165) is 22.9 Å². The maximum Gasteiger partial charge on any atom is 0.122 e. The fourth-order valence-electron chi connectivity index (χ4n) is 3.20. The molecule has 2 unspecified atom stereocenters. The summed E-state index contributed by atoms with van der Waals surface area (Å²) in [6.45, 7) is 4.43. The van der Waals surface area contributed by atoms with Crippen molar-refractivity contribution in [3.05, 3.63) is 28.8 Å². The van der Waals surface area contributed by atoms with E-state index in [1.54, 1.807) is 0 Å². The van der Waals surface area contributed by atoms with Gasteiger partial charge < -0.3 is 15.4 Å². The first-order chi connectivity index (χ1) is 9.67. The van der Waals surface area contributed by atoms with Gasteiger partial charge in [-0.25, -0.2) is 0 Å². The number of hydrogen-bond donors (Lipinski definition) is 1. The number of likely N-dealkylation sites (tertiary alicyclic amines) is 1. The van der Waals surface area contributed by atoms with Crippen molar-refractivity contribution in [2.45, 2.75) is 38.1 Å². The molecule has 1 aromatic carbocycles. The average Bonchev–Trinajstić information content (AvgIpc) is 2.44. The van der Waals surface area contributed by atoms with E-state index in [1.807, 2.05) is 25.1 Å². The monoisotopic (exact) mass is 296 g/mol. The van der Waals surface area contributed by atoms with Gasteiger partial charge in [0, 0.05) is 29.1 Å². The highest BCUT2D eigenvalue weighted by Gasteiger charge is 2.29. The summed E-state index contributed by atoms with van der Waals surface area (Å²) < 4.78 is 5.77. The van der Waals surface area contributed by atoms with E-state index in [-0.39, 0.29) is 5.92 Å². The molecule has 3 nitrogen and oxygen atoms in total. The van der Waals surface area contributed by atoms with E-state index in [9.17, 15) is 0 Å². The van der Waals surface area contributed by atoms with Crippen LogP contribution in [0.3, 0.4) is 0 Å². The number of rotatable bonds is 5. The van der Waals surface area contributed by atoms with Crippen LogP contribution >= 0.6 is 11.6 Å². The molecule has 1 aromatic rings. The lowest BCUT2D eigenvalue weighted by molar-refractivity contribution is 0.158. The SMILES string of the molecule is CCOc1ccc(Cl)cc1C(CN)C1CCCCN1C. The van der Waals surface area contributed by atoms with E-state index in [0.29, 0.717) is 19.2 Å². The Labute approximate surface area is 127 Å². The minimum Gasteiger partial charge on any atom is -0.494 e. The first-order valence-corrected chi connectivity index (χ1v) is 7.87. The second kappa shape index (κ2) is 7.30. The summed E-state index contributed by atoms with van der Waals surface area (Å²) in [4.78, 5) is 2.43. The number of benzene rings is 1. The molecule has 2 atom stereocenters. The van der Waals surface area contributed by atoms with Crippen LogP contribution in [-0.4, -0.2) is 37.7 Å². The highest BCUT2D eigenvalue weighted by Crippen LogP contribution is 2.35. The van der Waals surface area contributed by atoms with Gasteiger partial charge in [0.15, 0.2) is 0 Å². The number of nitrogens with two attached hydrogens (primary N) is 1. The molecule has 1 heterocycles. The van der Waals surface area contributed by atoms with Crippen molar-refractivity contribution < 1.29 is 4.74 Å². The molecule has 0 aliphatic carbocycles. The first-order valence-electron chi connectivity index (χ1n) is 7.50. The Morgan fingerprint density at radius 3 is 2.90 bits per heavy atom. The second-order valence-corrected chi connectivity index (χ2v) is 5.94. The molecule has 112 valence electrons. The van der Waals surface area contributed by atoms with Crippen LogP contribution < -0.4 is 10.5 Å². The molecule has 1 aliphatic heterocycles. The van der Waals surface area contributed by atoms with E-state index in [1.165, 1.54) is 19.3 Å². The van der Waals surface area contributed by atoms with Crippen molar-refractivity contribution in [1.82, 2.24) is 4.90 Å². The van der Waals surface area contributed by atoms with Crippen LogP contribution in [0, 0.1) is 0 Å². The molecule has 1 saturated heterocycles. The molecule has 0 spiro atoms. The van der Waals surface area contributed by atoms with Gasteiger partial charge >= 0.3 is 0 Å². The van der Waals surface area contributed by atoms with Crippen molar-refractivity contribution in [1.29, 1.82) is 0 Å². The van der Waals surface area contributed by atoms with E-state index in [2.05, 4.69) is 11.9 Å². The molecular formula is C16H25ClN2O. The Morgan fingerprint density at radius 1 is 1.45 bits per heavy atom. The lowest BCUT2D eigenvalue weighted by atomic mass is 9.85. The molecule has 0 saturated carbocycles. The molecule has 0 bridgehead atoms. The fraction of sp³-hybridized carbons (Fsp3) is 0.625. The summed E-state index contributed by atoms with van der Waals surface area (Å²) in [6, 6.07) is 6.35. The van der Waals surface area contributed by atoms with Gasteiger partial charge in [-0.3, -0.25) is 0 Å². The smallest absolute Gasteiger partial charge is 0.122 e. The summed E-state index contributed by atoms with van der Waals surface area (Å²) in [6.07, 6.45) is 3.74. The lowest BCUT2D eigenvalue weighted by Gasteiger charge is -2.38. The number of nitrogens with zero attached hydrogens (tertiary/aromatic N) is 1. The summed E-state index contributed by atoms with van der Waals surface area (Å²) in [5, 5.41) is 0.750. The number of piperidine rings is 1. The molecule has 1 fully saturated rings. The highest BCUT2D eigenvalue weighted by atomic mass is 35.5. The van der Waals surface area contributed by atoms with Gasteiger partial charge in [0.1, 0.15) is 5.75 Å². The number of halogens is 1. The molecule has 2 N–H and O–H groups in total. The first kappa shape index (κ1) is 15.6. The van der Waals surface area contributed by atoms with Crippen molar-refractivity contribution in [2.24, 2.45) is 5.73 Å². The molecule has 0 aromatic heterocycles. The molecule has 20 heavy (non-hydrogen) atoms. The summed E-state index contributed by atoms with van der Waals surface area (Å²) in [5.74, 6) is 1.20. The van der Waals surface area contributed by atoms with E-state index >= 15 is 0 Å². The predicted octanol–water partition coefficient (Wildman–Crippen LogP) is 3.27. The third-order valence-corrected chi connectivity index (χ3v) is 4.45. The molecule has 0 amide bonds. The maximum atomic E-state index is 6.18. The van der Waals surface area contributed by atoms with Crippen molar-refractivity contribution in [2.75, 3.05) is 26.7 Å². The largest absolute Gasteiger partial charge is 0.494 e. The number of ether oxygens (including phenoxy) is 1. The zero-order valence-electron chi connectivity index (χ0n) is 12.4. The fourth-order valence-corrected chi connectivity index (χ4v) is 3.38. The van der Waals surface area contributed by atoms with Crippen molar-refractivity contribution in [3.8, 4) is 5.75 Å². The van der Waals surface area contributed by atoms with Gasteiger partial charge in [-0.1, -0.05) is 18.0 Å². The third kappa shape index (κ3) is 3.46. The normalized spacial score (nSPS) is 21.7. The Morgan fingerprint density at radius 2 is 2.25 bits per heavy atom. The minimum atomic E-state index is 0.278. The predicted molar refractivity (Wildman–Crippen MR) is 84.7 cm³/mol. The topological polar surface area (TPSA) is 38.5 Å². The van der Waals surface area contributed by atoms with Gasteiger partial charge in [0.25, 0.3) is 0 Å². The highest BCUT2D eigenvalue weighted by molar-refractivity contribution is 6.30. The van der Waals surface area contributed by atoms with Gasteiger partial charge in [-0.2, -0.15) is 0 Å². The Hall–Kier alpha value is -0.770. The van der Waals surface area contributed by atoms with Crippen LogP contribution in [0.1, 0.15) is 37.7 Å². The summed E-state index contributed by atoms with van der Waals surface area (Å²) in [5.41, 5.74) is 7.24. The summed E-state index contributed by atoms with van der Waals surface area (Å²) >= 11 is 6.18. The van der Waals surface area contributed by atoms with Gasteiger partial charge in [0.2, 0.25) is 0 Å². The van der Waals surface area contributed by atoms with Crippen LogP contribution in [0.25, 0.3) is 0 Å². The van der Waals surface area contributed by atoms with Crippen LogP contribution in [0.4, 0.5) is 0 Å². The van der Waals surface area contributed by atoms with Crippen LogP contribution in [0.2, 0.25) is 5.02 Å². The van der Waals surface area contributed by atoms with Crippen molar-refractivity contribution >= 4 is 11.6 Å². The second-order valence-electron chi connectivity index (χ2n) is 5.50. The Kier molecular flexibility index (Phi) is 5.70. The van der Waals surface area contributed by atoms with Crippen LogP contribution in [0.5, 0.6) is 5.75 Å². The molecule has 1 aliphatic rings. The summed E-state index contributed by atoms with van der Waals surface area (Å²) in [7, 11) is 2.19. The third-order valence-electron chi connectivity index (χ3n) is 4.22. The van der Waals surface area contributed by atoms with E-state index < -0.39 is 0 Å². The average molecular weight is 297 g/mol. The maximum absolute atomic E-state index is 6.18. The number of hydrogen-bond acceptors (Lipinski definition) is 3.